The number of nitrogens with one attached hydrogen (secondary N) is 2. The van der Waals surface area contributed by atoms with Crippen LogP contribution in [0.1, 0.15) is 25.3 Å². The molecule has 27 heavy (non-hydrogen) atoms. The monoisotopic (exact) mass is 375 g/mol. The smallest absolute Gasteiger partial charge is 0.265 e. The van der Waals surface area contributed by atoms with Crippen molar-refractivity contribution in [1.29, 1.82) is 0 Å². The van der Waals surface area contributed by atoms with Crippen molar-refractivity contribution in [2.24, 2.45) is 0 Å². The predicted molar refractivity (Wildman–Crippen MR) is 97.8 cm³/mol. The minimum atomic E-state index is -2.56. The minimum absolute atomic E-state index is 0.0773. The van der Waals surface area contributed by atoms with E-state index in [1.54, 1.807) is 29.7 Å². The maximum atomic E-state index is 14.2. The van der Waals surface area contributed by atoms with Crippen molar-refractivity contribution < 1.29 is 13.2 Å². The topological polar surface area (TPSA) is 54.2 Å². The third-order valence-electron chi connectivity index (χ3n) is 4.70. The molecule has 0 bridgehead atoms. The van der Waals surface area contributed by atoms with E-state index >= 15 is 0 Å². The molecule has 1 aliphatic heterocycles. The Labute approximate surface area is 154 Å². The summed E-state index contributed by atoms with van der Waals surface area (Å²) in [6.07, 6.45) is 0.819. The normalized spacial score (nSPS) is 23.1. The molecular formula is C19H20F3N5. The molecule has 2 unspecified atom stereocenters. The third kappa shape index (κ3) is 3.75. The fourth-order valence-corrected chi connectivity index (χ4v) is 3.45. The molecule has 0 radical (unpaired) electrons. The lowest BCUT2D eigenvalue weighted by Gasteiger charge is -2.33. The summed E-state index contributed by atoms with van der Waals surface area (Å²) in [5, 5.41) is 6.33. The molecule has 3 aromatic rings. The van der Waals surface area contributed by atoms with E-state index in [2.05, 4.69) is 20.6 Å². The van der Waals surface area contributed by atoms with Crippen molar-refractivity contribution in [2.75, 3.05) is 18.4 Å². The zero-order chi connectivity index (χ0) is 19.0. The maximum Gasteiger partial charge on any atom is 0.265 e. The van der Waals surface area contributed by atoms with Gasteiger partial charge in [-0.3, -0.25) is 4.40 Å². The van der Waals surface area contributed by atoms with Gasteiger partial charge in [0, 0.05) is 37.3 Å². The van der Waals surface area contributed by atoms with Gasteiger partial charge in [0.2, 0.25) is 0 Å². The molecule has 0 amide bonds. The quantitative estimate of drug-likeness (QED) is 0.728. The summed E-state index contributed by atoms with van der Waals surface area (Å²) in [4.78, 5) is 8.83. The molecule has 0 aromatic carbocycles. The summed E-state index contributed by atoms with van der Waals surface area (Å²) in [6, 6.07) is 8.27. The fourth-order valence-electron chi connectivity index (χ4n) is 3.45. The molecule has 1 saturated heterocycles. The van der Waals surface area contributed by atoms with Crippen molar-refractivity contribution >= 4 is 11.5 Å². The van der Waals surface area contributed by atoms with Gasteiger partial charge in [0.05, 0.1) is 17.6 Å². The van der Waals surface area contributed by atoms with Crippen LogP contribution in [-0.2, 0) is 0 Å². The molecule has 1 fully saturated rings. The molecule has 2 N–H and O–H groups in total. The van der Waals surface area contributed by atoms with Crippen LogP contribution in [0.25, 0.3) is 17.0 Å². The van der Waals surface area contributed by atoms with Crippen LogP contribution in [0, 0.1) is 0 Å². The Morgan fingerprint density at radius 2 is 2.15 bits per heavy atom. The van der Waals surface area contributed by atoms with Crippen LogP contribution in [-0.4, -0.2) is 39.2 Å². The molecular weight excluding hydrogens is 355 g/mol. The second-order valence-electron chi connectivity index (χ2n) is 7.13. The van der Waals surface area contributed by atoms with E-state index in [-0.39, 0.29) is 11.6 Å². The number of anilines is 1. The first-order valence-corrected chi connectivity index (χ1v) is 8.80. The SMILES string of the molecule is CC1(F)CNCC(Nc2cccc(-c3cnc4ccc(C(F)F)cn34)n2)C1. The van der Waals surface area contributed by atoms with Gasteiger partial charge in [-0.1, -0.05) is 6.07 Å². The van der Waals surface area contributed by atoms with Gasteiger partial charge in [-0.15, -0.1) is 0 Å². The largest absolute Gasteiger partial charge is 0.366 e. The highest BCUT2D eigenvalue weighted by atomic mass is 19.3. The number of rotatable bonds is 4. The lowest BCUT2D eigenvalue weighted by atomic mass is 9.95. The Balaban J connectivity index is 1.63. The molecule has 4 rings (SSSR count). The highest BCUT2D eigenvalue weighted by Crippen LogP contribution is 2.26. The van der Waals surface area contributed by atoms with Crippen LogP contribution in [0.4, 0.5) is 19.0 Å². The number of alkyl halides is 3. The van der Waals surface area contributed by atoms with E-state index in [1.807, 2.05) is 12.1 Å². The standard InChI is InChI=1S/C19H20F3N5/c1-19(22)7-13(8-23-11-19)25-16-4-2-3-14(26-16)15-9-24-17-6-5-12(18(20)21)10-27(15)17/h2-6,9-10,13,18,23H,7-8,11H2,1H3,(H,25,26). The molecule has 1 aliphatic rings. The molecule has 8 heteroatoms. The first-order chi connectivity index (χ1) is 12.9. The summed E-state index contributed by atoms with van der Waals surface area (Å²) in [6.45, 7) is 2.57. The number of imidazole rings is 1. The average Bonchev–Trinajstić information content (AvgIpc) is 3.04. The molecule has 0 saturated carbocycles. The Bertz CT molecular complexity index is 953. The Morgan fingerprint density at radius 1 is 1.30 bits per heavy atom. The van der Waals surface area contributed by atoms with Gasteiger partial charge in [0.15, 0.2) is 0 Å². The van der Waals surface area contributed by atoms with Crippen LogP contribution >= 0.6 is 0 Å². The zero-order valence-corrected chi connectivity index (χ0v) is 14.8. The first-order valence-electron chi connectivity index (χ1n) is 8.80. The van der Waals surface area contributed by atoms with Gasteiger partial charge < -0.3 is 10.6 Å². The lowest BCUT2D eigenvalue weighted by molar-refractivity contribution is 0.137. The minimum Gasteiger partial charge on any atom is -0.366 e. The van der Waals surface area contributed by atoms with Crippen molar-refractivity contribution in [3.63, 3.8) is 0 Å². The third-order valence-corrected chi connectivity index (χ3v) is 4.70. The number of hydrogen-bond acceptors (Lipinski definition) is 4. The van der Waals surface area contributed by atoms with E-state index in [1.165, 1.54) is 12.3 Å². The van der Waals surface area contributed by atoms with Crippen LogP contribution < -0.4 is 10.6 Å². The van der Waals surface area contributed by atoms with Gasteiger partial charge in [-0.25, -0.2) is 23.1 Å². The second-order valence-corrected chi connectivity index (χ2v) is 7.13. The lowest BCUT2D eigenvalue weighted by Crippen LogP contribution is -2.50. The summed E-state index contributed by atoms with van der Waals surface area (Å²) < 4.78 is 41.9. The molecule has 0 spiro atoms. The molecule has 0 aliphatic carbocycles. The Kier molecular flexibility index (Phi) is 4.51. The van der Waals surface area contributed by atoms with Gasteiger partial charge >= 0.3 is 0 Å². The molecule has 4 heterocycles. The first kappa shape index (κ1) is 17.8. The zero-order valence-electron chi connectivity index (χ0n) is 14.8. The summed E-state index contributed by atoms with van der Waals surface area (Å²) in [5.74, 6) is 0.608. The van der Waals surface area contributed by atoms with Crippen LogP contribution in [0.5, 0.6) is 0 Å². The highest BCUT2D eigenvalue weighted by Gasteiger charge is 2.31. The number of nitrogens with zero attached hydrogens (tertiary/aromatic N) is 3. The maximum absolute atomic E-state index is 14.2. The van der Waals surface area contributed by atoms with Crippen molar-refractivity contribution in [3.8, 4) is 11.4 Å². The van der Waals surface area contributed by atoms with Crippen LogP contribution in [0.3, 0.4) is 0 Å². The van der Waals surface area contributed by atoms with Crippen molar-refractivity contribution in [3.05, 3.63) is 48.3 Å². The highest BCUT2D eigenvalue weighted by molar-refractivity contribution is 5.62. The van der Waals surface area contributed by atoms with Gasteiger partial charge in [-0.05, 0) is 31.2 Å². The van der Waals surface area contributed by atoms with E-state index in [0.29, 0.717) is 42.4 Å². The number of pyridine rings is 2. The number of piperidine rings is 1. The number of hydrogen-bond donors (Lipinski definition) is 2. The van der Waals surface area contributed by atoms with Crippen LogP contribution in [0.15, 0.2) is 42.7 Å². The fraction of sp³-hybridized carbons (Fsp3) is 0.368. The van der Waals surface area contributed by atoms with Crippen molar-refractivity contribution in [1.82, 2.24) is 19.7 Å². The summed E-state index contributed by atoms with van der Waals surface area (Å²) >= 11 is 0. The molecule has 142 valence electrons. The van der Waals surface area contributed by atoms with E-state index < -0.39 is 12.1 Å². The van der Waals surface area contributed by atoms with Gasteiger partial charge in [0.1, 0.15) is 17.1 Å². The van der Waals surface area contributed by atoms with Crippen LogP contribution in [0.2, 0.25) is 0 Å². The number of halogens is 3. The average molecular weight is 375 g/mol. The van der Waals surface area contributed by atoms with Gasteiger partial charge in [0.25, 0.3) is 6.43 Å². The summed E-state index contributed by atoms with van der Waals surface area (Å²) in [7, 11) is 0. The molecule has 3 aromatic heterocycles. The van der Waals surface area contributed by atoms with E-state index in [9.17, 15) is 13.2 Å². The summed E-state index contributed by atoms with van der Waals surface area (Å²) in [5.41, 5.74) is 0.450. The van der Waals surface area contributed by atoms with Gasteiger partial charge in [-0.2, -0.15) is 0 Å². The van der Waals surface area contributed by atoms with E-state index in [0.717, 1.165) is 0 Å². The molecule has 5 nitrogen and oxygen atoms in total. The number of fused-ring (bicyclic) bond motifs is 1. The predicted octanol–water partition coefficient (Wildman–Crippen LogP) is 3.84. The van der Waals surface area contributed by atoms with E-state index in [4.69, 9.17) is 0 Å². The van der Waals surface area contributed by atoms with Crippen molar-refractivity contribution in [2.45, 2.75) is 31.5 Å². The molecule has 2 atom stereocenters. The Morgan fingerprint density at radius 3 is 2.93 bits per heavy atom. The number of aromatic nitrogens is 3. The second kappa shape index (κ2) is 6.84. The Hall–Kier alpha value is -2.61.